The first kappa shape index (κ1) is 10.8. The van der Waals surface area contributed by atoms with Gasteiger partial charge >= 0.3 is 5.97 Å². The van der Waals surface area contributed by atoms with Crippen LogP contribution in [0.5, 0.6) is 5.75 Å². The third kappa shape index (κ3) is 1.71. The van der Waals surface area contributed by atoms with Crippen LogP contribution in [-0.2, 0) is 4.79 Å². The third-order valence-electron chi connectivity index (χ3n) is 3.15. The Hall–Kier alpha value is -1.71. The molecule has 1 heterocycles. The van der Waals surface area contributed by atoms with Crippen LogP contribution in [0.2, 0.25) is 0 Å². The summed E-state index contributed by atoms with van der Waals surface area (Å²) in [5.74, 6) is -0.555. The molecule has 3 N–H and O–H groups in total. The Bertz CT molecular complexity index is 417. The minimum atomic E-state index is -0.791. The van der Waals surface area contributed by atoms with E-state index in [0.29, 0.717) is 18.7 Å². The smallest absolute Gasteiger partial charge is 0.306 e. The van der Waals surface area contributed by atoms with Crippen LogP contribution in [0.4, 0.5) is 5.69 Å². The van der Waals surface area contributed by atoms with Gasteiger partial charge in [0.2, 0.25) is 0 Å². The van der Waals surface area contributed by atoms with Crippen molar-refractivity contribution < 1.29 is 14.6 Å². The molecular weight excluding hydrogens is 206 g/mol. The molecule has 86 valence electrons. The number of hydrogen-bond acceptors (Lipinski definition) is 3. The summed E-state index contributed by atoms with van der Waals surface area (Å²) in [6, 6.07) is 5.45. The van der Waals surface area contributed by atoms with Crippen LogP contribution in [0, 0.1) is 5.92 Å². The van der Waals surface area contributed by atoms with Gasteiger partial charge in [-0.15, -0.1) is 0 Å². The van der Waals surface area contributed by atoms with E-state index in [1.807, 2.05) is 12.1 Å². The van der Waals surface area contributed by atoms with Crippen LogP contribution >= 0.6 is 0 Å². The summed E-state index contributed by atoms with van der Waals surface area (Å²) in [6.45, 7) is 2.27. The maximum absolute atomic E-state index is 11.0. The van der Waals surface area contributed by atoms with E-state index in [4.69, 9.17) is 15.6 Å². The largest absolute Gasteiger partial charge is 0.493 e. The van der Waals surface area contributed by atoms with Gasteiger partial charge in [-0.05, 0) is 18.6 Å². The predicted octanol–water partition coefficient (Wildman–Crippen LogP) is 1.86. The van der Waals surface area contributed by atoms with Crippen LogP contribution in [-0.4, -0.2) is 17.7 Å². The lowest BCUT2D eigenvalue weighted by molar-refractivity contribution is -0.142. The van der Waals surface area contributed by atoms with Gasteiger partial charge in [0.05, 0.1) is 12.5 Å². The molecule has 16 heavy (non-hydrogen) atoms. The summed E-state index contributed by atoms with van der Waals surface area (Å²) in [7, 11) is 0. The van der Waals surface area contributed by atoms with Gasteiger partial charge < -0.3 is 15.6 Å². The zero-order chi connectivity index (χ0) is 11.7. The van der Waals surface area contributed by atoms with Crippen molar-refractivity contribution in [2.24, 2.45) is 5.92 Å². The van der Waals surface area contributed by atoms with E-state index in [1.165, 1.54) is 0 Å². The van der Waals surface area contributed by atoms with Gasteiger partial charge in [0, 0.05) is 17.2 Å². The molecule has 1 aliphatic heterocycles. The fraction of sp³-hybridized carbons (Fsp3) is 0.417. The van der Waals surface area contributed by atoms with Gasteiger partial charge in [-0.1, -0.05) is 13.0 Å². The summed E-state index contributed by atoms with van der Waals surface area (Å²) in [5.41, 5.74) is 7.37. The Labute approximate surface area is 94.0 Å². The van der Waals surface area contributed by atoms with E-state index in [0.717, 1.165) is 11.3 Å². The highest BCUT2D eigenvalue weighted by Crippen LogP contribution is 2.41. The van der Waals surface area contributed by atoms with Crippen LogP contribution < -0.4 is 10.5 Å². The van der Waals surface area contributed by atoms with E-state index in [2.05, 4.69) is 0 Å². The number of nitrogen functional groups attached to an aromatic ring is 1. The first-order chi connectivity index (χ1) is 7.61. The molecule has 1 aliphatic rings. The van der Waals surface area contributed by atoms with Crippen LogP contribution in [0.25, 0.3) is 0 Å². The molecule has 0 amide bonds. The number of ether oxygens (including phenoxy) is 1. The molecule has 1 aromatic carbocycles. The van der Waals surface area contributed by atoms with Crippen molar-refractivity contribution in [3.63, 3.8) is 0 Å². The lowest BCUT2D eigenvalue weighted by Crippen LogP contribution is -2.25. The normalized spacial score (nSPS) is 20.7. The molecule has 0 bridgehead atoms. The monoisotopic (exact) mass is 221 g/mol. The zero-order valence-electron chi connectivity index (χ0n) is 9.14. The minimum Gasteiger partial charge on any atom is -0.493 e. The van der Waals surface area contributed by atoms with Crippen LogP contribution in [0.3, 0.4) is 0 Å². The van der Waals surface area contributed by atoms with Crippen molar-refractivity contribution in [2.45, 2.75) is 19.3 Å². The highest BCUT2D eigenvalue weighted by atomic mass is 16.5. The number of aliphatic carboxylic acids is 1. The molecule has 1 aromatic rings. The number of nitrogens with two attached hydrogens (primary N) is 1. The maximum Gasteiger partial charge on any atom is 0.306 e. The Morgan fingerprint density at radius 3 is 3.06 bits per heavy atom. The Kier molecular flexibility index (Phi) is 2.73. The molecule has 0 radical (unpaired) electrons. The number of anilines is 1. The Balaban J connectivity index is 2.43. The van der Waals surface area contributed by atoms with Gasteiger partial charge in [-0.25, -0.2) is 0 Å². The van der Waals surface area contributed by atoms with Crippen molar-refractivity contribution in [3.05, 3.63) is 23.8 Å². The summed E-state index contributed by atoms with van der Waals surface area (Å²) in [5, 5.41) is 9.07. The van der Waals surface area contributed by atoms with E-state index in [9.17, 15) is 4.79 Å². The molecule has 0 fully saturated rings. The number of carbonyl (C=O) groups is 1. The summed E-state index contributed by atoms with van der Waals surface area (Å²) < 4.78 is 5.49. The molecule has 0 aliphatic carbocycles. The van der Waals surface area contributed by atoms with Gasteiger partial charge in [-0.2, -0.15) is 0 Å². The average molecular weight is 221 g/mol. The number of rotatable bonds is 2. The second-order valence-corrected chi connectivity index (χ2v) is 4.13. The van der Waals surface area contributed by atoms with Crippen molar-refractivity contribution in [2.75, 3.05) is 12.3 Å². The molecule has 0 saturated heterocycles. The Morgan fingerprint density at radius 2 is 2.38 bits per heavy atom. The summed E-state index contributed by atoms with van der Waals surface area (Å²) >= 11 is 0. The molecule has 4 nitrogen and oxygen atoms in total. The average Bonchev–Trinajstić information content (AvgIpc) is 2.27. The Morgan fingerprint density at radius 1 is 1.62 bits per heavy atom. The third-order valence-corrected chi connectivity index (χ3v) is 3.15. The second kappa shape index (κ2) is 4.04. The predicted molar refractivity (Wildman–Crippen MR) is 60.5 cm³/mol. The van der Waals surface area contributed by atoms with Crippen LogP contribution in [0.1, 0.15) is 24.8 Å². The number of benzene rings is 1. The number of hydrogen-bond donors (Lipinski definition) is 2. The molecule has 2 rings (SSSR count). The SMILES string of the molecule is CC(C(=O)O)C1CCOc2cccc(N)c21. The van der Waals surface area contributed by atoms with Gasteiger partial charge in [0.25, 0.3) is 0 Å². The summed E-state index contributed by atoms with van der Waals surface area (Å²) in [4.78, 5) is 11.0. The zero-order valence-corrected chi connectivity index (χ0v) is 9.14. The van der Waals surface area contributed by atoms with Gasteiger partial charge in [-0.3, -0.25) is 4.79 Å². The quantitative estimate of drug-likeness (QED) is 0.747. The lowest BCUT2D eigenvalue weighted by Gasteiger charge is -2.29. The lowest BCUT2D eigenvalue weighted by atomic mass is 9.82. The van der Waals surface area contributed by atoms with E-state index in [1.54, 1.807) is 13.0 Å². The maximum atomic E-state index is 11.0. The molecule has 0 saturated carbocycles. The van der Waals surface area contributed by atoms with Crippen molar-refractivity contribution in [3.8, 4) is 5.75 Å². The van der Waals surface area contributed by atoms with Gasteiger partial charge in [0.1, 0.15) is 5.75 Å². The molecule has 2 atom stereocenters. The number of carboxylic acids is 1. The first-order valence-corrected chi connectivity index (χ1v) is 5.35. The molecule has 0 spiro atoms. The topological polar surface area (TPSA) is 72.5 Å². The summed E-state index contributed by atoms with van der Waals surface area (Å²) in [6.07, 6.45) is 0.703. The highest BCUT2D eigenvalue weighted by molar-refractivity contribution is 5.72. The van der Waals surface area contributed by atoms with E-state index < -0.39 is 11.9 Å². The first-order valence-electron chi connectivity index (χ1n) is 5.35. The van der Waals surface area contributed by atoms with Gasteiger partial charge in [0.15, 0.2) is 0 Å². The fourth-order valence-electron chi connectivity index (χ4n) is 2.20. The number of fused-ring (bicyclic) bond motifs is 1. The van der Waals surface area contributed by atoms with Crippen molar-refractivity contribution in [1.82, 2.24) is 0 Å². The molecular formula is C12H15NO3. The molecule has 0 aromatic heterocycles. The highest BCUT2D eigenvalue weighted by Gasteiger charge is 2.31. The molecule has 4 heteroatoms. The molecule has 2 unspecified atom stereocenters. The van der Waals surface area contributed by atoms with E-state index in [-0.39, 0.29) is 5.92 Å². The standard InChI is InChI=1S/C12H15NO3/c1-7(12(14)15)8-5-6-16-10-4-2-3-9(13)11(8)10/h2-4,7-8H,5-6,13H2,1H3,(H,14,15). The van der Waals surface area contributed by atoms with Crippen LogP contribution in [0.15, 0.2) is 18.2 Å². The van der Waals surface area contributed by atoms with E-state index >= 15 is 0 Å². The van der Waals surface area contributed by atoms with Crippen molar-refractivity contribution in [1.29, 1.82) is 0 Å². The second-order valence-electron chi connectivity index (χ2n) is 4.13. The van der Waals surface area contributed by atoms with Crippen molar-refractivity contribution >= 4 is 11.7 Å². The minimum absolute atomic E-state index is 0.0533. The number of carboxylic acid groups (broad SMARTS) is 1. The fourth-order valence-corrected chi connectivity index (χ4v) is 2.20.